The third-order valence-corrected chi connectivity index (χ3v) is 3.41. The first-order valence-electron chi connectivity index (χ1n) is 5.91. The number of ether oxygens (including phenoxy) is 1. The molecule has 0 radical (unpaired) electrons. The molecule has 1 aromatic rings. The molecule has 7 heteroatoms. The van der Waals surface area contributed by atoms with Crippen LogP contribution in [0.1, 0.15) is 26.5 Å². The number of aromatic nitrogens is 2. The van der Waals surface area contributed by atoms with Crippen LogP contribution in [0.15, 0.2) is 16.0 Å². The van der Waals surface area contributed by atoms with Gasteiger partial charge in [0.25, 0.3) is 5.56 Å². The Morgan fingerprint density at radius 3 is 2.68 bits per heavy atom. The highest BCUT2D eigenvalue weighted by Crippen LogP contribution is 2.21. The van der Waals surface area contributed by atoms with Crippen molar-refractivity contribution >= 4 is 23.5 Å². The fraction of sp³-hybridized carbons (Fsp3) is 0.500. The van der Waals surface area contributed by atoms with E-state index in [2.05, 4.69) is 9.97 Å². The number of hydrogen-bond acceptors (Lipinski definition) is 6. The molecule has 0 bridgehead atoms. The predicted octanol–water partition coefficient (Wildman–Crippen LogP) is 0.945. The highest BCUT2D eigenvalue weighted by Gasteiger charge is 2.27. The number of nitrogens with zero attached hydrogens (tertiary/aromatic N) is 1. The molecule has 1 heterocycles. The number of carbonyl (C=O) groups excluding carboxylic acids is 2. The lowest BCUT2D eigenvalue weighted by Crippen LogP contribution is -2.28. The maximum Gasteiger partial charge on any atom is 0.327 e. The number of aryl methyl sites for hydroxylation is 1. The molecule has 0 fully saturated rings. The van der Waals surface area contributed by atoms with E-state index in [1.165, 1.54) is 13.0 Å². The van der Waals surface area contributed by atoms with Crippen molar-refractivity contribution in [1.82, 2.24) is 9.97 Å². The van der Waals surface area contributed by atoms with Crippen molar-refractivity contribution in [1.29, 1.82) is 0 Å². The summed E-state index contributed by atoms with van der Waals surface area (Å²) in [5.41, 5.74) is 0.304. The summed E-state index contributed by atoms with van der Waals surface area (Å²) in [4.78, 5) is 41.2. The molecule has 1 aromatic heterocycles. The molecule has 6 nitrogen and oxygen atoms in total. The fourth-order valence-electron chi connectivity index (χ4n) is 1.35. The molecule has 0 saturated heterocycles. The average Bonchev–Trinajstić information content (AvgIpc) is 2.35. The van der Waals surface area contributed by atoms with Gasteiger partial charge in [-0.3, -0.25) is 14.4 Å². The van der Waals surface area contributed by atoms with Gasteiger partial charge in [0, 0.05) is 11.8 Å². The van der Waals surface area contributed by atoms with Gasteiger partial charge in [0.2, 0.25) is 0 Å². The molecule has 0 amide bonds. The van der Waals surface area contributed by atoms with Gasteiger partial charge in [-0.05, 0) is 20.3 Å². The molecule has 0 saturated carbocycles. The molecule has 104 valence electrons. The van der Waals surface area contributed by atoms with E-state index < -0.39 is 11.2 Å². The smallest absolute Gasteiger partial charge is 0.327 e. The summed E-state index contributed by atoms with van der Waals surface area (Å²) in [5, 5.41) is -0.757. The van der Waals surface area contributed by atoms with Gasteiger partial charge < -0.3 is 9.72 Å². The van der Waals surface area contributed by atoms with Crippen LogP contribution in [0.2, 0.25) is 0 Å². The molecular weight excluding hydrogens is 268 g/mol. The second-order valence-electron chi connectivity index (χ2n) is 3.76. The molecular formula is C12H16N2O4S. The van der Waals surface area contributed by atoms with Crippen LogP contribution >= 0.6 is 11.8 Å². The van der Waals surface area contributed by atoms with Crippen molar-refractivity contribution in [3.8, 4) is 0 Å². The van der Waals surface area contributed by atoms with Gasteiger partial charge in [-0.25, -0.2) is 4.98 Å². The molecule has 0 aliphatic rings. The summed E-state index contributed by atoms with van der Waals surface area (Å²) >= 11 is 0.898. The van der Waals surface area contributed by atoms with Gasteiger partial charge in [0.15, 0.2) is 16.2 Å². The average molecular weight is 284 g/mol. The number of Topliss-reactive ketones (excluding diaryl/α,β-unsaturated/α-hetero) is 1. The molecule has 0 spiro atoms. The quantitative estimate of drug-likeness (QED) is 0.362. The van der Waals surface area contributed by atoms with E-state index >= 15 is 0 Å². The van der Waals surface area contributed by atoms with E-state index in [-0.39, 0.29) is 23.1 Å². The van der Waals surface area contributed by atoms with E-state index in [0.717, 1.165) is 11.8 Å². The maximum atomic E-state index is 11.6. The maximum absolute atomic E-state index is 11.6. The van der Waals surface area contributed by atoms with Crippen LogP contribution in [-0.2, 0) is 20.7 Å². The van der Waals surface area contributed by atoms with Crippen LogP contribution < -0.4 is 5.56 Å². The molecule has 0 aliphatic heterocycles. The monoisotopic (exact) mass is 284 g/mol. The Morgan fingerprint density at radius 1 is 1.47 bits per heavy atom. The number of hydrogen-bond donors (Lipinski definition) is 1. The van der Waals surface area contributed by atoms with Crippen LogP contribution in [-0.4, -0.2) is 33.6 Å². The van der Waals surface area contributed by atoms with Gasteiger partial charge in [-0.2, -0.15) is 0 Å². The van der Waals surface area contributed by atoms with Crippen molar-refractivity contribution < 1.29 is 14.3 Å². The van der Waals surface area contributed by atoms with Crippen molar-refractivity contribution in [2.24, 2.45) is 0 Å². The van der Waals surface area contributed by atoms with Crippen LogP contribution in [0.3, 0.4) is 0 Å². The number of aromatic amines is 1. The predicted molar refractivity (Wildman–Crippen MR) is 71.2 cm³/mol. The Labute approximate surface area is 115 Å². The van der Waals surface area contributed by atoms with Crippen molar-refractivity contribution in [3.63, 3.8) is 0 Å². The Morgan fingerprint density at radius 2 is 2.16 bits per heavy atom. The highest BCUT2D eigenvalue weighted by atomic mass is 32.2. The standard InChI is InChI=1S/C12H16N2O4S/c1-4-8-6-9(16)14-12(13-8)19-10(7(3)15)11(17)18-5-2/h6,10H,4-5H2,1-3H3,(H,13,14,16)/t10-/m1/s1. The number of esters is 1. The minimum absolute atomic E-state index is 0.197. The van der Waals surface area contributed by atoms with Gasteiger partial charge in [-0.1, -0.05) is 18.7 Å². The summed E-state index contributed by atoms with van der Waals surface area (Å²) in [7, 11) is 0. The first-order chi connectivity index (χ1) is 8.97. The zero-order valence-electron chi connectivity index (χ0n) is 11.1. The summed E-state index contributed by atoms with van der Waals surface area (Å²) in [6.45, 7) is 5.03. The Bertz CT molecular complexity index is 527. The Balaban J connectivity index is 2.96. The highest BCUT2D eigenvalue weighted by molar-refractivity contribution is 8.01. The first kappa shape index (κ1) is 15.4. The Hall–Kier alpha value is -1.63. The van der Waals surface area contributed by atoms with Gasteiger partial charge >= 0.3 is 5.97 Å². The van der Waals surface area contributed by atoms with Crippen molar-refractivity contribution in [3.05, 3.63) is 22.1 Å². The second kappa shape index (κ2) is 7.08. The zero-order valence-corrected chi connectivity index (χ0v) is 11.9. The first-order valence-corrected chi connectivity index (χ1v) is 6.79. The van der Waals surface area contributed by atoms with E-state index in [9.17, 15) is 14.4 Å². The largest absolute Gasteiger partial charge is 0.465 e. The van der Waals surface area contributed by atoms with Crippen molar-refractivity contribution in [2.75, 3.05) is 6.61 Å². The van der Waals surface area contributed by atoms with Crippen LogP contribution in [0, 0.1) is 0 Å². The number of rotatable bonds is 6. The molecule has 0 unspecified atom stereocenters. The number of carbonyl (C=O) groups is 2. The Kier molecular flexibility index (Phi) is 5.75. The van der Waals surface area contributed by atoms with Gasteiger partial charge in [0.1, 0.15) is 0 Å². The number of ketones is 1. The molecule has 1 N–H and O–H groups in total. The van der Waals surface area contributed by atoms with Crippen LogP contribution in [0.5, 0.6) is 0 Å². The summed E-state index contributed by atoms with van der Waals surface area (Å²) in [6, 6.07) is 1.39. The third-order valence-electron chi connectivity index (χ3n) is 2.23. The molecule has 1 atom stereocenters. The topological polar surface area (TPSA) is 89.1 Å². The molecule has 0 aliphatic carbocycles. The normalized spacial score (nSPS) is 11.9. The molecule has 0 aromatic carbocycles. The SMILES string of the molecule is CCOC(=O)[C@H](Sc1nc(CC)cc(=O)[nH]1)C(C)=O. The van der Waals surface area contributed by atoms with Crippen molar-refractivity contribution in [2.45, 2.75) is 37.6 Å². The minimum atomic E-state index is -1.00. The van der Waals surface area contributed by atoms with E-state index in [1.54, 1.807) is 6.92 Å². The van der Waals surface area contributed by atoms with E-state index in [4.69, 9.17) is 4.74 Å². The number of nitrogens with one attached hydrogen (secondary N) is 1. The summed E-state index contributed by atoms with van der Waals surface area (Å²) in [6.07, 6.45) is 0.599. The molecule has 19 heavy (non-hydrogen) atoms. The lowest BCUT2D eigenvalue weighted by Gasteiger charge is -2.11. The zero-order chi connectivity index (χ0) is 14.4. The lowest BCUT2D eigenvalue weighted by molar-refractivity contribution is -0.144. The van der Waals surface area contributed by atoms with Crippen LogP contribution in [0.25, 0.3) is 0 Å². The lowest BCUT2D eigenvalue weighted by atomic mass is 10.3. The molecule has 1 rings (SSSR count). The fourth-order valence-corrected chi connectivity index (χ4v) is 2.23. The minimum Gasteiger partial charge on any atom is -0.465 e. The summed E-state index contributed by atoms with van der Waals surface area (Å²) in [5.74, 6) is -0.961. The van der Waals surface area contributed by atoms with E-state index in [0.29, 0.717) is 12.1 Å². The number of H-pyrrole nitrogens is 1. The van der Waals surface area contributed by atoms with Crippen LogP contribution in [0.4, 0.5) is 0 Å². The third kappa shape index (κ3) is 4.51. The summed E-state index contributed by atoms with van der Waals surface area (Å²) < 4.78 is 4.82. The number of thioether (sulfide) groups is 1. The van der Waals surface area contributed by atoms with E-state index in [1.807, 2.05) is 6.92 Å². The van der Waals surface area contributed by atoms with Gasteiger partial charge in [0.05, 0.1) is 6.61 Å². The van der Waals surface area contributed by atoms with Gasteiger partial charge in [-0.15, -0.1) is 0 Å². The second-order valence-corrected chi connectivity index (χ2v) is 4.85.